The standard InChI is InChI=1S/C27H29ClO5/c1-3-31-27(29)26(30-2)19-20-10-15-25(24(28)18-20)33-17-7-16-32-23-13-11-22(12-14-23)21-8-5-4-6-9-21/h4-6,8-15,18,26H,3,7,16-17,19H2,1-2H3/t26-/m0/s1. The van der Waals surface area contributed by atoms with Gasteiger partial charge in [0.1, 0.15) is 11.5 Å². The van der Waals surface area contributed by atoms with Gasteiger partial charge in [-0.15, -0.1) is 0 Å². The first-order valence-corrected chi connectivity index (χ1v) is 11.4. The molecular formula is C27H29ClO5. The lowest BCUT2D eigenvalue weighted by Crippen LogP contribution is -2.27. The van der Waals surface area contributed by atoms with Gasteiger partial charge in [-0.2, -0.15) is 0 Å². The van der Waals surface area contributed by atoms with Gasteiger partial charge in [-0.25, -0.2) is 4.79 Å². The highest BCUT2D eigenvalue weighted by Crippen LogP contribution is 2.27. The topological polar surface area (TPSA) is 54.0 Å². The molecule has 3 aromatic carbocycles. The average molecular weight is 469 g/mol. The molecule has 5 nitrogen and oxygen atoms in total. The van der Waals surface area contributed by atoms with Gasteiger partial charge in [0.05, 0.1) is 24.8 Å². The van der Waals surface area contributed by atoms with Crippen LogP contribution in [0.2, 0.25) is 5.02 Å². The molecule has 0 aliphatic carbocycles. The van der Waals surface area contributed by atoms with Crippen molar-refractivity contribution >= 4 is 17.6 Å². The van der Waals surface area contributed by atoms with Crippen molar-refractivity contribution in [3.63, 3.8) is 0 Å². The van der Waals surface area contributed by atoms with Crippen molar-refractivity contribution in [3.8, 4) is 22.6 Å². The maximum absolute atomic E-state index is 11.9. The van der Waals surface area contributed by atoms with Crippen LogP contribution < -0.4 is 9.47 Å². The van der Waals surface area contributed by atoms with Crippen molar-refractivity contribution < 1.29 is 23.7 Å². The molecule has 0 radical (unpaired) electrons. The van der Waals surface area contributed by atoms with Gasteiger partial charge in [0.2, 0.25) is 0 Å². The number of rotatable bonds is 12. The summed E-state index contributed by atoms with van der Waals surface area (Å²) in [6.07, 6.45) is 0.436. The molecule has 3 aromatic rings. The molecule has 0 bridgehead atoms. The summed E-state index contributed by atoms with van der Waals surface area (Å²) in [7, 11) is 1.49. The van der Waals surface area contributed by atoms with Crippen molar-refractivity contribution in [1.29, 1.82) is 0 Å². The van der Waals surface area contributed by atoms with Crippen molar-refractivity contribution in [1.82, 2.24) is 0 Å². The second-order valence-electron chi connectivity index (χ2n) is 7.39. The molecule has 0 heterocycles. The van der Waals surface area contributed by atoms with Crippen LogP contribution in [-0.2, 0) is 20.7 Å². The summed E-state index contributed by atoms with van der Waals surface area (Å²) >= 11 is 6.36. The zero-order valence-electron chi connectivity index (χ0n) is 19.0. The quantitative estimate of drug-likeness (QED) is 0.242. The van der Waals surface area contributed by atoms with Crippen molar-refractivity contribution in [2.45, 2.75) is 25.9 Å². The minimum atomic E-state index is -0.660. The summed E-state index contributed by atoms with van der Waals surface area (Å²) in [5, 5.41) is 0.489. The Hall–Kier alpha value is -3.02. The molecule has 0 N–H and O–H groups in total. The SMILES string of the molecule is CCOC(=O)[C@H](Cc1ccc(OCCCOc2ccc(-c3ccccc3)cc2)c(Cl)c1)OC. The minimum absolute atomic E-state index is 0.314. The van der Waals surface area contributed by atoms with Gasteiger partial charge >= 0.3 is 5.97 Å². The van der Waals surface area contributed by atoms with Gasteiger partial charge < -0.3 is 18.9 Å². The third-order valence-electron chi connectivity index (χ3n) is 5.03. The number of ether oxygens (including phenoxy) is 4. The lowest BCUT2D eigenvalue weighted by molar-refractivity contribution is -0.154. The van der Waals surface area contributed by atoms with E-state index in [4.69, 9.17) is 30.5 Å². The van der Waals surface area contributed by atoms with Crippen LogP contribution in [0.1, 0.15) is 18.9 Å². The Kier molecular flexibility index (Phi) is 9.60. The zero-order chi connectivity index (χ0) is 23.5. The molecule has 1 atom stereocenters. The number of hydrogen-bond donors (Lipinski definition) is 0. The minimum Gasteiger partial charge on any atom is -0.493 e. The van der Waals surface area contributed by atoms with Gasteiger partial charge in [-0.05, 0) is 47.9 Å². The molecular weight excluding hydrogens is 440 g/mol. The molecule has 6 heteroatoms. The molecule has 0 aliphatic rings. The number of carbonyl (C=O) groups is 1. The summed E-state index contributed by atoms with van der Waals surface area (Å²) < 4.78 is 21.9. The molecule has 0 fully saturated rings. The monoisotopic (exact) mass is 468 g/mol. The number of benzene rings is 3. The van der Waals surface area contributed by atoms with E-state index in [1.165, 1.54) is 12.7 Å². The predicted octanol–water partition coefficient (Wildman–Crippen LogP) is 5.98. The van der Waals surface area contributed by atoms with Crippen LogP contribution in [0.3, 0.4) is 0 Å². The van der Waals surface area contributed by atoms with E-state index in [-0.39, 0.29) is 5.97 Å². The highest BCUT2D eigenvalue weighted by Gasteiger charge is 2.20. The summed E-state index contributed by atoms with van der Waals surface area (Å²) in [4.78, 5) is 11.9. The maximum Gasteiger partial charge on any atom is 0.335 e. The molecule has 33 heavy (non-hydrogen) atoms. The molecule has 0 aliphatic heterocycles. The predicted molar refractivity (Wildman–Crippen MR) is 130 cm³/mol. The summed E-state index contributed by atoms with van der Waals surface area (Å²) in [5.41, 5.74) is 3.21. The first kappa shape index (κ1) is 24.6. The Morgan fingerprint density at radius 3 is 2.27 bits per heavy atom. The van der Waals surface area contributed by atoms with Gasteiger partial charge in [0.15, 0.2) is 6.10 Å². The number of esters is 1. The second-order valence-corrected chi connectivity index (χ2v) is 7.79. The Labute approximate surface area is 200 Å². The molecule has 0 unspecified atom stereocenters. The van der Waals surface area contributed by atoms with Gasteiger partial charge in [0.25, 0.3) is 0 Å². The molecule has 0 saturated heterocycles. The Bertz CT molecular complexity index is 1000. The lowest BCUT2D eigenvalue weighted by Gasteiger charge is -2.15. The van der Waals surface area contributed by atoms with Crippen molar-refractivity contribution in [2.75, 3.05) is 26.9 Å². The van der Waals surface area contributed by atoms with E-state index in [9.17, 15) is 4.79 Å². The molecule has 0 amide bonds. The van der Waals surface area contributed by atoms with Crippen molar-refractivity contribution in [3.05, 3.63) is 83.4 Å². The Morgan fingerprint density at radius 1 is 0.909 bits per heavy atom. The van der Waals surface area contributed by atoms with E-state index in [1.807, 2.05) is 36.4 Å². The largest absolute Gasteiger partial charge is 0.493 e. The second kappa shape index (κ2) is 12.9. The van der Waals surface area contributed by atoms with Gasteiger partial charge in [-0.1, -0.05) is 60.1 Å². The molecule has 174 valence electrons. The van der Waals surface area contributed by atoms with E-state index >= 15 is 0 Å². The number of hydrogen-bond acceptors (Lipinski definition) is 5. The first-order chi connectivity index (χ1) is 16.1. The Morgan fingerprint density at radius 2 is 1.61 bits per heavy atom. The number of methoxy groups -OCH3 is 1. The van der Waals surface area contributed by atoms with Crippen LogP contribution >= 0.6 is 11.6 Å². The lowest BCUT2D eigenvalue weighted by atomic mass is 10.1. The molecule has 3 rings (SSSR count). The van der Waals surface area contributed by atoms with E-state index in [0.717, 1.165) is 16.9 Å². The number of carbonyl (C=O) groups excluding carboxylic acids is 1. The summed E-state index contributed by atoms with van der Waals surface area (Å²) in [6.45, 7) is 3.09. The molecule has 0 saturated carbocycles. The summed E-state index contributed by atoms with van der Waals surface area (Å²) in [6, 6.07) is 23.7. The van der Waals surface area contributed by atoms with Crippen LogP contribution in [-0.4, -0.2) is 39.0 Å². The van der Waals surface area contributed by atoms with Crippen LogP contribution in [0.25, 0.3) is 11.1 Å². The highest BCUT2D eigenvalue weighted by atomic mass is 35.5. The first-order valence-electron chi connectivity index (χ1n) is 11.0. The van der Waals surface area contributed by atoms with Crippen LogP contribution in [0.15, 0.2) is 72.8 Å². The third kappa shape index (κ3) is 7.52. The number of halogens is 1. The van der Waals surface area contributed by atoms with E-state index < -0.39 is 6.10 Å². The van der Waals surface area contributed by atoms with Gasteiger partial charge in [-0.3, -0.25) is 0 Å². The van der Waals surface area contributed by atoms with E-state index in [2.05, 4.69) is 24.3 Å². The average Bonchev–Trinajstić information content (AvgIpc) is 2.84. The van der Waals surface area contributed by atoms with Crippen LogP contribution in [0, 0.1) is 0 Å². The molecule has 0 aromatic heterocycles. The Balaban J connectivity index is 1.42. The van der Waals surface area contributed by atoms with E-state index in [0.29, 0.717) is 43.4 Å². The van der Waals surface area contributed by atoms with Crippen LogP contribution in [0.5, 0.6) is 11.5 Å². The fourth-order valence-electron chi connectivity index (χ4n) is 3.31. The third-order valence-corrected chi connectivity index (χ3v) is 5.32. The fraction of sp³-hybridized carbons (Fsp3) is 0.296. The zero-order valence-corrected chi connectivity index (χ0v) is 19.7. The van der Waals surface area contributed by atoms with E-state index in [1.54, 1.807) is 19.1 Å². The fourth-order valence-corrected chi connectivity index (χ4v) is 3.56. The molecule has 0 spiro atoms. The smallest absolute Gasteiger partial charge is 0.335 e. The normalized spacial score (nSPS) is 11.6. The highest BCUT2D eigenvalue weighted by molar-refractivity contribution is 6.32. The summed E-state index contributed by atoms with van der Waals surface area (Å²) in [5.74, 6) is 1.04. The van der Waals surface area contributed by atoms with Crippen molar-refractivity contribution in [2.24, 2.45) is 0 Å². The van der Waals surface area contributed by atoms with Gasteiger partial charge in [0, 0.05) is 20.0 Å². The maximum atomic E-state index is 11.9. The van der Waals surface area contributed by atoms with Crippen LogP contribution in [0.4, 0.5) is 0 Å².